The highest BCUT2D eigenvalue weighted by atomic mass is 16.5. The number of rotatable bonds is 4. The third-order valence-electron chi connectivity index (χ3n) is 3.40. The maximum absolute atomic E-state index is 12.3. The minimum absolute atomic E-state index is 0.0135. The SMILES string of the molecule is O=C(O)C=COc1cc2oc(-c3ccccc3)cc(=O)c2c(O)c1O. The van der Waals surface area contributed by atoms with Gasteiger partial charge in [-0.15, -0.1) is 0 Å². The number of carboxylic acids is 1. The Labute approximate surface area is 140 Å². The lowest BCUT2D eigenvalue weighted by molar-refractivity contribution is -0.131. The van der Waals surface area contributed by atoms with Crippen molar-refractivity contribution >= 4 is 16.9 Å². The molecule has 126 valence electrons. The molecule has 0 unspecified atom stereocenters. The number of hydrogen-bond acceptors (Lipinski definition) is 6. The lowest BCUT2D eigenvalue weighted by Crippen LogP contribution is -2.01. The van der Waals surface area contributed by atoms with Gasteiger partial charge in [0.25, 0.3) is 0 Å². The van der Waals surface area contributed by atoms with Crippen LogP contribution in [0.5, 0.6) is 17.2 Å². The molecule has 3 aromatic rings. The largest absolute Gasteiger partial charge is 0.504 e. The molecule has 0 aliphatic heterocycles. The summed E-state index contributed by atoms with van der Waals surface area (Å²) in [6.45, 7) is 0. The number of aromatic hydroxyl groups is 2. The lowest BCUT2D eigenvalue weighted by Gasteiger charge is -2.09. The number of ether oxygens (including phenoxy) is 1. The highest BCUT2D eigenvalue weighted by Gasteiger charge is 2.18. The molecule has 25 heavy (non-hydrogen) atoms. The number of hydrogen-bond donors (Lipinski definition) is 3. The molecule has 7 heteroatoms. The number of aliphatic carboxylic acids is 1. The molecule has 0 amide bonds. The summed E-state index contributed by atoms with van der Waals surface area (Å²) in [5, 5.41) is 28.3. The van der Waals surface area contributed by atoms with E-state index in [-0.39, 0.29) is 22.5 Å². The third kappa shape index (κ3) is 3.16. The molecule has 0 radical (unpaired) electrons. The van der Waals surface area contributed by atoms with Gasteiger partial charge in [0.15, 0.2) is 16.9 Å². The molecule has 0 aliphatic carbocycles. The van der Waals surface area contributed by atoms with Crippen LogP contribution < -0.4 is 10.2 Å². The molecule has 1 aromatic heterocycles. The zero-order valence-electron chi connectivity index (χ0n) is 12.7. The first-order valence-electron chi connectivity index (χ1n) is 7.11. The van der Waals surface area contributed by atoms with Gasteiger partial charge in [-0.3, -0.25) is 4.79 Å². The molecule has 0 saturated carbocycles. The molecular weight excluding hydrogens is 328 g/mol. The van der Waals surface area contributed by atoms with E-state index < -0.39 is 22.9 Å². The summed E-state index contributed by atoms with van der Waals surface area (Å²) < 4.78 is 10.6. The zero-order valence-corrected chi connectivity index (χ0v) is 12.7. The number of phenolic OH excluding ortho intramolecular Hbond substituents is 2. The topological polar surface area (TPSA) is 117 Å². The second-order valence-corrected chi connectivity index (χ2v) is 5.04. The van der Waals surface area contributed by atoms with Crippen molar-refractivity contribution in [2.24, 2.45) is 0 Å². The number of carboxylic acid groups (broad SMARTS) is 1. The molecule has 3 N–H and O–H groups in total. The van der Waals surface area contributed by atoms with Crippen molar-refractivity contribution in [3.05, 3.63) is 65.0 Å². The van der Waals surface area contributed by atoms with Crippen molar-refractivity contribution in [3.8, 4) is 28.6 Å². The van der Waals surface area contributed by atoms with Gasteiger partial charge in [-0.1, -0.05) is 30.3 Å². The highest BCUT2D eigenvalue weighted by molar-refractivity contribution is 5.89. The fourth-order valence-corrected chi connectivity index (χ4v) is 2.27. The molecule has 0 bridgehead atoms. The van der Waals surface area contributed by atoms with Crippen molar-refractivity contribution in [2.45, 2.75) is 0 Å². The van der Waals surface area contributed by atoms with Gasteiger partial charge in [0, 0.05) is 17.7 Å². The van der Waals surface area contributed by atoms with Gasteiger partial charge in [0.2, 0.25) is 5.75 Å². The summed E-state index contributed by atoms with van der Waals surface area (Å²) in [7, 11) is 0. The molecule has 0 spiro atoms. The predicted molar refractivity (Wildman–Crippen MR) is 88.7 cm³/mol. The van der Waals surface area contributed by atoms with Gasteiger partial charge in [-0.2, -0.15) is 0 Å². The van der Waals surface area contributed by atoms with Crippen LogP contribution in [0.25, 0.3) is 22.3 Å². The molecule has 0 saturated heterocycles. The number of fused-ring (bicyclic) bond motifs is 1. The highest BCUT2D eigenvalue weighted by Crippen LogP contribution is 2.41. The smallest absolute Gasteiger partial charge is 0.331 e. The molecule has 3 rings (SSSR count). The van der Waals surface area contributed by atoms with Gasteiger partial charge in [-0.25, -0.2) is 4.79 Å². The van der Waals surface area contributed by atoms with E-state index in [1.807, 2.05) is 6.07 Å². The minimum Gasteiger partial charge on any atom is -0.504 e. The molecular formula is C18H12O7. The molecule has 7 nitrogen and oxygen atoms in total. The van der Waals surface area contributed by atoms with E-state index in [4.69, 9.17) is 14.3 Å². The van der Waals surface area contributed by atoms with Crippen molar-refractivity contribution in [1.29, 1.82) is 0 Å². The van der Waals surface area contributed by atoms with Crippen molar-refractivity contribution in [1.82, 2.24) is 0 Å². The standard InChI is InChI=1S/C18H12O7/c19-11-8-12(10-4-2-1-3-5-10)25-13-9-14(24-7-6-15(20)21)17(22)18(23)16(11)13/h1-9,22-23H,(H,20,21). The minimum atomic E-state index is -1.25. The van der Waals surface area contributed by atoms with E-state index >= 15 is 0 Å². The molecule has 1 heterocycles. The van der Waals surface area contributed by atoms with Gasteiger partial charge in [0.1, 0.15) is 16.7 Å². The van der Waals surface area contributed by atoms with Crippen LogP contribution in [-0.4, -0.2) is 21.3 Å². The Morgan fingerprint density at radius 1 is 1.08 bits per heavy atom. The normalized spacial score (nSPS) is 11.0. The van der Waals surface area contributed by atoms with Gasteiger partial charge >= 0.3 is 5.97 Å². The Balaban J connectivity index is 2.17. The molecule has 2 aromatic carbocycles. The first kappa shape index (κ1) is 16.1. The second-order valence-electron chi connectivity index (χ2n) is 5.04. The van der Waals surface area contributed by atoms with E-state index in [1.165, 1.54) is 12.1 Å². The number of carbonyl (C=O) groups is 1. The fraction of sp³-hybridized carbons (Fsp3) is 0. The Kier molecular flexibility index (Phi) is 4.13. The summed E-state index contributed by atoms with van der Waals surface area (Å²) in [5.74, 6) is -2.62. The fourth-order valence-electron chi connectivity index (χ4n) is 2.27. The maximum atomic E-state index is 12.3. The average molecular weight is 340 g/mol. The van der Waals surface area contributed by atoms with Crippen LogP contribution in [0.3, 0.4) is 0 Å². The number of benzene rings is 2. The Hall–Kier alpha value is -3.74. The Bertz CT molecular complexity index is 1030. The summed E-state index contributed by atoms with van der Waals surface area (Å²) in [6, 6.07) is 11.3. The van der Waals surface area contributed by atoms with Gasteiger partial charge in [0.05, 0.1) is 12.3 Å². The summed E-state index contributed by atoms with van der Waals surface area (Å²) in [5.41, 5.74) is 0.100. The van der Waals surface area contributed by atoms with E-state index in [1.54, 1.807) is 24.3 Å². The van der Waals surface area contributed by atoms with Crippen LogP contribution in [-0.2, 0) is 4.79 Å². The number of phenols is 2. The van der Waals surface area contributed by atoms with Crippen LogP contribution in [0.1, 0.15) is 0 Å². The second kappa shape index (κ2) is 6.40. The monoisotopic (exact) mass is 340 g/mol. The summed E-state index contributed by atoms with van der Waals surface area (Å²) >= 11 is 0. The zero-order chi connectivity index (χ0) is 18.0. The van der Waals surface area contributed by atoms with E-state index in [2.05, 4.69) is 0 Å². The van der Waals surface area contributed by atoms with Crippen LogP contribution in [0, 0.1) is 0 Å². The maximum Gasteiger partial charge on any atom is 0.331 e. The quantitative estimate of drug-likeness (QED) is 0.380. The van der Waals surface area contributed by atoms with Crippen LogP contribution >= 0.6 is 0 Å². The van der Waals surface area contributed by atoms with Gasteiger partial charge in [-0.05, 0) is 0 Å². The van der Waals surface area contributed by atoms with E-state index in [9.17, 15) is 19.8 Å². The average Bonchev–Trinajstić information content (AvgIpc) is 2.59. The first-order valence-corrected chi connectivity index (χ1v) is 7.11. The van der Waals surface area contributed by atoms with E-state index in [0.29, 0.717) is 11.6 Å². The molecule has 0 atom stereocenters. The van der Waals surface area contributed by atoms with Crippen molar-refractivity contribution in [3.63, 3.8) is 0 Å². The van der Waals surface area contributed by atoms with Crippen LogP contribution in [0.4, 0.5) is 0 Å². The van der Waals surface area contributed by atoms with Crippen LogP contribution in [0.2, 0.25) is 0 Å². The van der Waals surface area contributed by atoms with E-state index in [0.717, 1.165) is 6.26 Å². The third-order valence-corrected chi connectivity index (χ3v) is 3.40. The first-order chi connectivity index (χ1) is 12.0. The molecule has 0 fully saturated rings. The lowest BCUT2D eigenvalue weighted by atomic mass is 10.1. The van der Waals surface area contributed by atoms with Crippen LogP contribution in [0.15, 0.2) is 64.0 Å². The van der Waals surface area contributed by atoms with Crippen molar-refractivity contribution < 1.29 is 29.3 Å². The predicted octanol–water partition coefficient (Wildman–Crippen LogP) is 2.85. The summed E-state index contributed by atoms with van der Waals surface area (Å²) in [4.78, 5) is 22.8. The summed E-state index contributed by atoms with van der Waals surface area (Å²) in [6.07, 6.45) is 1.53. The Morgan fingerprint density at radius 3 is 2.48 bits per heavy atom. The van der Waals surface area contributed by atoms with Crippen molar-refractivity contribution in [2.75, 3.05) is 0 Å². The Morgan fingerprint density at radius 2 is 1.80 bits per heavy atom. The van der Waals surface area contributed by atoms with Gasteiger partial charge < -0.3 is 24.5 Å². The molecule has 0 aliphatic rings.